The van der Waals surface area contributed by atoms with Crippen LogP contribution in [-0.4, -0.2) is 14.3 Å². The molecule has 0 bridgehead atoms. The average Bonchev–Trinajstić information content (AvgIpc) is 2.82. The van der Waals surface area contributed by atoms with E-state index in [-0.39, 0.29) is 29.7 Å². The van der Waals surface area contributed by atoms with Crippen molar-refractivity contribution in [1.29, 1.82) is 0 Å². The van der Waals surface area contributed by atoms with Crippen LogP contribution in [0.4, 0.5) is 5.69 Å². The third kappa shape index (κ3) is 2.58. The molecule has 96 valence electrons. The van der Waals surface area contributed by atoms with Crippen molar-refractivity contribution in [2.45, 2.75) is 0 Å². The molecule has 2 heterocycles. The number of hydrogen-bond donors (Lipinski definition) is 0. The predicted octanol–water partition coefficient (Wildman–Crippen LogP) is 3.53. The molecule has 0 fully saturated rings. The van der Waals surface area contributed by atoms with Gasteiger partial charge in [-0.1, -0.05) is 18.2 Å². The molecule has 1 aromatic carbocycles. The number of imidazole rings is 1. The highest BCUT2D eigenvalue weighted by Gasteiger charge is 2.09. The number of nitro groups is 1. The van der Waals surface area contributed by atoms with Gasteiger partial charge in [0, 0.05) is 30.1 Å². The topological polar surface area (TPSA) is 60.4 Å². The van der Waals surface area contributed by atoms with Gasteiger partial charge in [-0.05, 0) is 12.1 Å². The van der Waals surface area contributed by atoms with Gasteiger partial charge in [0.05, 0.1) is 10.6 Å². The number of non-ortho nitro benzene ring substituents is 1. The van der Waals surface area contributed by atoms with Gasteiger partial charge in [-0.2, -0.15) is 0 Å². The van der Waals surface area contributed by atoms with E-state index in [1.807, 2.05) is 41.1 Å². The fourth-order valence-corrected chi connectivity index (χ4v) is 1.85. The summed E-state index contributed by atoms with van der Waals surface area (Å²) in [6, 6.07) is 12.2. The molecule has 0 unspecified atom stereocenters. The van der Waals surface area contributed by atoms with E-state index in [0.717, 1.165) is 16.9 Å². The van der Waals surface area contributed by atoms with Crippen molar-refractivity contribution >= 4 is 35.3 Å². The van der Waals surface area contributed by atoms with E-state index < -0.39 is 4.92 Å². The quantitative estimate of drug-likeness (QED) is 0.396. The molecule has 6 heteroatoms. The summed E-state index contributed by atoms with van der Waals surface area (Å²) in [5.41, 5.74) is 2.36. The summed E-state index contributed by atoms with van der Waals surface area (Å²) in [6.45, 7) is 0. The molecule has 0 N–H and O–H groups in total. The van der Waals surface area contributed by atoms with E-state index in [1.54, 1.807) is 6.07 Å². The molecule has 5 nitrogen and oxygen atoms in total. The minimum atomic E-state index is -0.403. The van der Waals surface area contributed by atoms with Gasteiger partial charge in [0.2, 0.25) is 0 Å². The van der Waals surface area contributed by atoms with Gasteiger partial charge in [-0.15, -0.1) is 24.0 Å². The Balaban J connectivity index is 0.00000133. The summed E-state index contributed by atoms with van der Waals surface area (Å²) >= 11 is 0. The van der Waals surface area contributed by atoms with Gasteiger partial charge in [0.15, 0.2) is 0 Å². The first kappa shape index (κ1) is 13.5. The van der Waals surface area contributed by atoms with Crippen LogP contribution in [0.15, 0.2) is 54.9 Å². The standard InChI is InChI=1S/C13H9N3O2.HI/c17-16(18)11-5-3-4-10(8-11)12-9-15-7-2-1-6-13(15)14-12;/h1-9H;1H. The minimum Gasteiger partial charge on any atom is -0.306 e. The molecule has 0 amide bonds. The van der Waals surface area contributed by atoms with Crippen molar-refractivity contribution in [1.82, 2.24) is 9.38 Å². The molecule has 0 atom stereocenters. The molecule has 0 aliphatic rings. The number of pyridine rings is 1. The van der Waals surface area contributed by atoms with E-state index in [4.69, 9.17) is 0 Å². The number of hydrogen-bond acceptors (Lipinski definition) is 3. The molecule has 0 spiro atoms. The largest absolute Gasteiger partial charge is 0.306 e. The van der Waals surface area contributed by atoms with Crippen molar-refractivity contribution in [3.63, 3.8) is 0 Å². The van der Waals surface area contributed by atoms with E-state index in [0.29, 0.717) is 0 Å². The lowest BCUT2D eigenvalue weighted by atomic mass is 10.1. The number of rotatable bonds is 2. The lowest BCUT2D eigenvalue weighted by molar-refractivity contribution is -0.384. The third-order valence-electron chi connectivity index (χ3n) is 2.72. The summed E-state index contributed by atoms with van der Waals surface area (Å²) in [5, 5.41) is 10.7. The van der Waals surface area contributed by atoms with Crippen molar-refractivity contribution in [2.75, 3.05) is 0 Å². The number of nitro benzene ring substituents is 1. The van der Waals surface area contributed by atoms with Gasteiger partial charge in [-0.25, -0.2) is 4.98 Å². The molecule has 0 aliphatic heterocycles. The van der Waals surface area contributed by atoms with E-state index >= 15 is 0 Å². The number of nitrogens with zero attached hydrogens (tertiary/aromatic N) is 3. The fraction of sp³-hybridized carbons (Fsp3) is 0. The Bertz CT molecular complexity index is 706. The zero-order valence-electron chi connectivity index (χ0n) is 9.76. The minimum absolute atomic E-state index is 0. The number of fused-ring (bicyclic) bond motifs is 1. The van der Waals surface area contributed by atoms with Crippen LogP contribution in [0, 0.1) is 10.1 Å². The highest BCUT2D eigenvalue weighted by molar-refractivity contribution is 14.0. The molecular formula is C13H10IN3O2. The van der Waals surface area contributed by atoms with Gasteiger partial charge in [0.25, 0.3) is 5.69 Å². The zero-order valence-corrected chi connectivity index (χ0v) is 12.1. The van der Waals surface area contributed by atoms with Crippen LogP contribution in [0.2, 0.25) is 0 Å². The first-order chi connectivity index (χ1) is 8.74. The van der Waals surface area contributed by atoms with Gasteiger partial charge < -0.3 is 4.40 Å². The Kier molecular flexibility index (Phi) is 3.79. The maximum atomic E-state index is 10.7. The SMILES string of the molecule is I.O=[N+]([O-])c1cccc(-c2cn3ccccc3n2)c1. The molecule has 0 radical (unpaired) electrons. The Morgan fingerprint density at radius 2 is 2.00 bits per heavy atom. The van der Waals surface area contributed by atoms with Crippen LogP contribution >= 0.6 is 24.0 Å². The van der Waals surface area contributed by atoms with Gasteiger partial charge >= 0.3 is 0 Å². The van der Waals surface area contributed by atoms with Crippen LogP contribution in [0.1, 0.15) is 0 Å². The second-order valence-electron chi connectivity index (χ2n) is 3.90. The summed E-state index contributed by atoms with van der Waals surface area (Å²) in [5.74, 6) is 0. The Labute approximate surface area is 126 Å². The van der Waals surface area contributed by atoms with Crippen LogP contribution in [0.25, 0.3) is 16.9 Å². The van der Waals surface area contributed by atoms with Crippen molar-refractivity contribution in [3.8, 4) is 11.3 Å². The molecule has 0 saturated heterocycles. The average molecular weight is 367 g/mol. The van der Waals surface area contributed by atoms with Crippen molar-refractivity contribution < 1.29 is 4.92 Å². The van der Waals surface area contributed by atoms with Gasteiger partial charge in [-0.3, -0.25) is 10.1 Å². The second-order valence-corrected chi connectivity index (χ2v) is 3.90. The van der Waals surface area contributed by atoms with E-state index in [9.17, 15) is 10.1 Å². The Morgan fingerprint density at radius 3 is 2.74 bits per heavy atom. The van der Waals surface area contributed by atoms with Crippen LogP contribution < -0.4 is 0 Å². The van der Waals surface area contributed by atoms with Crippen LogP contribution in [0.5, 0.6) is 0 Å². The Hall–Kier alpha value is -1.96. The summed E-state index contributed by atoms with van der Waals surface area (Å²) in [7, 11) is 0. The highest BCUT2D eigenvalue weighted by Crippen LogP contribution is 2.23. The Morgan fingerprint density at radius 1 is 1.16 bits per heavy atom. The maximum absolute atomic E-state index is 10.7. The summed E-state index contributed by atoms with van der Waals surface area (Å²) in [6.07, 6.45) is 3.75. The predicted molar refractivity (Wildman–Crippen MR) is 82.7 cm³/mol. The van der Waals surface area contributed by atoms with Crippen LogP contribution in [-0.2, 0) is 0 Å². The van der Waals surface area contributed by atoms with Gasteiger partial charge in [0.1, 0.15) is 5.65 Å². The first-order valence-electron chi connectivity index (χ1n) is 5.42. The molecule has 3 aromatic rings. The van der Waals surface area contributed by atoms with Crippen molar-refractivity contribution in [3.05, 3.63) is 65.0 Å². The van der Waals surface area contributed by atoms with Crippen LogP contribution in [0.3, 0.4) is 0 Å². The molecular weight excluding hydrogens is 357 g/mol. The number of aromatic nitrogens is 2. The van der Waals surface area contributed by atoms with E-state index in [1.165, 1.54) is 12.1 Å². The van der Waals surface area contributed by atoms with Crippen molar-refractivity contribution in [2.24, 2.45) is 0 Å². The zero-order chi connectivity index (χ0) is 12.5. The molecule has 19 heavy (non-hydrogen) atoms. The monoisotopic (exact) mass is 367 g/mol. The number of benzene rings is 1. The third-order valence-corrected chi connectivity index (χ3v) is 2.72. The highest BCUT2D eigenvalue weighted by atomic mass is 127. The second kappa shape index (κ2) is 5.35. The normalized spacial score (nSPS) is 10.1. The first-order valence-corrected chi connectivity index (χ1v) is 5.42. The summed E-state index contributed by atoms with van der Waals surface area (Å²) < 4.78 is 1.88. The summed E-state index contributed by atoms with van der Waals surface area (Å²) in [4.78, 5) is 14.8. The lowest BCUT2D eigenvalue weighted by Crippen LogP contribution is -1.87. The molecule has 3 rings (SSSR count). The smallest absolute Gasteiger partial charge is 0.270 e. The molecule has 0 saturated carbocycles. The lowest BCUT2D eigenvalue weighted by Gasteiger charge is -1.95. The molecule has 0 aliphatic carbocycles. The fourth-order valence-electron chi connectivity index (χ4n) is 1.85. The number of halogens is 1. The maximum Gasteiger partial charge on any atom is 0.270 e. The molecule has 2 aromatic heterocycles. The van der Waals surface area contributed by atoms with E-state index in [2.05, 4.69) is 4.98 Å².